The molecule has 8 heteroatoms. The van der Waals surface area contributed by atoms with Gasteiger partial charge in [0.25, 0.3) is 5.91 Å². The highest BCUT2D eigenvalue weighted by atomic mass is 19.2. The van der Waals surface area contributed by atoms with Crippen molar-refractivity contribution in [2.45, 2.75) is 6.54 Å². The highest BCUT2D eigenvalue weighted by Crippen LogP contribution is 2.21. The van der Waals surface area contributed by atoms with E-state index in [2.05, 4.69) is 20.6 Å². The third kappa shape index (κ3) is 3.97. The number of benzene rings is 2. The SMILES string of the molecule is O=C(NCc1ccccc1)c1cnc(Nc2ccc(F)c(F)c2F)nc1. The second-order valence-corrected chi connectivity index (χ2v) is 5.31. The van der Waals surface area contributed by atoms with Crippen LogP contribution in [0.2, 0.25) is 0 Å². The van der Waals surface area contributed by atoms with Gasteiger partial charge in [0, 0.05) is 18.9 Å². The molecular formula is C18H13F3N4O. The van der Waals surface area contributed by atoms with Crippen molar-refractivity contribution in [1.29, 1.82) is 0 Å². The fourth-order valence-electron chi connectivity index (χ4n) is 2.13. The Bertz CT molecular complexity index is 918. The van der Waals surface area contributed by atoms with E-state index in [1.54, 1.807) is 0 Å². The maximum Gasteiger partial charge on any atom is 0.254 e. The normalized spacial score (nSPS) is 10.4. The highest BCUT2D eigenvalue weighted by Gasteiger charge is 2.14. The summed E-state index contributed by atoms with van der Waals surface area (Å²) in [6.45, 7) is 0.347. The fraction of sp³-hybridized carbons (Fsp3) is 0.0556. The summed E-state index contributed by atoms with van der Waals surface area (Å²) in [7, 11) is 0. The zero-order valence-electron chi connectivity index (χ0n) is 13.3. The number of aromatic nitrogens is 2. The molecular weight excluding hydrogens is 345 g/mol. The Labute approximate surface area is 146 Å². The molecule has 0 saturated heterocycles. The van der Waals surface area contributed by atoms with Gasteiger partial charge in [0.15, 0.2) is 17.5 Å². The smallest absolute Gasteiger partial charge is 0.254 e. The molecule has 0 aliphatic rings. The standard InChI is InChI=1S/C18H13F3N4O/c19-13-6-7-14(16(21)15(13)20)25-18-23-9-12(10-24-18)17(26)22-8-11-4-2-1-3-5-11/h1-7,9-10H,8H2,(H,22,26)(H,23,24,25). The Hall–Kier alpha value is -3.42. The van der Waals surface area contributed by atoms with E-state index < -0.39 is 17.5 Å². The molecule has 0 aliphatic heterocycles. The number of nitrogens with zero attached hydrogens (tertiary/aromatic N) is 2. The minimum absolute atomic E-state index is 0.0606. The van der Waals surface area contributed by atoms with Gasteiger partial charge in [-0.25, -0.2) is 23.1 Å². The number of carbonyl (C=O) groups excluding carboxylic acids is 1. The molecule has 0 saturated carbocycles. The summed E-state index contributed by atoms with van der Waals surface area (Å²) in [5.41, 5.74) is 0.830. The van der Waals surface area contributed by atoms with Gasteiger partial charge in [-0.05, 0) is 17.7 Å². The van der Waals surface area contributed by atoms with E-state index in [1.807, 2.05) is 30.3 Å². The van der Waals surface area contributed by atoms with Crippen molar-refractivity contribution < 1.29 is 18.0 Å². The van der Waals surface area contributed by atoms with Crippen LogP contribution in [0.1, 0.15) is 15.9 Å². The monoisotopic (exact) mass is 358 g/mol. The van der Waals surface area contributed by atoms with Crippen LogP contribution in [0.15, 0.2) is 54.9 Å². The zero-order chi connectivity index (χ0) is 18.5. The molecule has 5 nitrogen and oxygen atoms in total. The molecule has 0 spiro atoms. The predicted molar refractivity (Wildman–Crippen MR) is 89.2 cm³/mol. The van der Waals surface area contributed by atoms with Crippen molar-refractivity contribution in [3.05, 3.63) is 83.4 Å². The lowest BCUT2D eigenvalue weighted by atomic mass is 10.2. The second kappa shape index (κ2) is 7.64. The van der Waals surface area contributed by atoms with Crippen LogP contribution >= 0.6 is 0 Å². The lowest BCUT2D eigenvalue weighted by Gasteiger charge is -2.08. The van der Waals surface area contributed by atoms with Crippen molar-refractivity contribution in [2.24, 2.45) is 0 Å². The molecule has 0 fully saturated rings. The first-order valence-corrected chi connectivity index (χ1v) is 7.59. The molecule has 2 aromatic carbocycles. The summed E-state index contributed by atoms with van der Waals surface area (Å²) in [5.74, 6) is -4.70. The minimum Gasteiger partial charge on any atom is -0.348 e. The van der Waals surface area contributed by atoms with Gasteiger partial charge in [-0.2, -0.15) is 0 Å². The van der Waals surface area contributed by atoms with Crippen LogP contribution in [-0.2, 0) is 6.54 Å². The maximum atomic E-state index is 13.6. The van der Waals surface area contributed by atoms with E-state index in [4.69, 9.17) is 0 Å². The number of halogens is 3. The molecule has 0 aliphatic carbocycles. The van der Waals surface area contributed by atoms with Crippen LogP contribution in [0.5, 0.6) is 0 Å². The molecule has 3 aromatic rings. The van der Waals surface area contributed by atoms with Crippen LogP contribution < -0.4 is 10.6 Å². The van der Waals surface area contributed by atoms with E-state index >= 15 is 0 Å². The summed E-state index contributed by atoms with van der Waals surface area (Å²) in [4.78, 5) is 19.8. The predicted octanol–water partition coefficient (Wildman–Crippen LogP) is 3.57. The number of hydrogen-bond donors (Lipinski definition) is 2. The second-order valence-electron chi connectivity index (χ2n) is 5.31. The maximum absolute atomic E-state index is 13.6. The van der Waals surface area contributed by atoms with Gasteiger partial charge < -0.3 is 10.6 Å². The first-order chi connectivity index (χ1) is 12.5. The van der Waals surface area contributed by atoms with Crippen molar-refractivity contribution in [3.63, 3.8) is 0 Å². The van der Waals surface area contributed by atoms with Crippen LogP contribution in [0.4, 0.5) is 24.8 Å². The fourth-order valence-corrected chi connectivity index (χ4v) is 2.13. The van der Waals surface area contributed by atoms with E-state index in [9.17, 15) is 18.0 Å². The third-order valence-electron chi connectivity index (χ3n) is 3.49. The molecule has 132 valence electrons. The van der Waals surface area contributed by atoms with Crippen molar-refractivity contribution in [3.8, 4) is 0 Å². The van der Waals surface area contributed by atoms with E-state index in [-0.39, 0.29) is 23.1 Å². The van der Waals surface area contributed by atoms with Gasteiger partial charge in [0.2, 0.25) is 5.95 Å². The molecule has 1 heterocycles. The molecule has 26 heavy (non-hydrogen) atoms. The lowest BCUT2D eigenvalue weighted by molar-refractivity contribution is 0.0950. The largest absolute Gasteiger partial charge is 0.348 e. The third-order valence-corrected chi connectivity index (χ3v) is 3.49. The topological polar surface area (TPSA) is 66.9 Å². The van der Waals surface area contributed by atoms with Crippen LogP contribution in [0.25, 0.3) is 0 Å². The van der Waals surface area contributed by atoms with Gasteiger partial charge in [-0.3, -0.25) is 4.79 Å². The summed E-state index contributed by atoms with van der Waals surface area (Å²) < 4.78 is 39.7. The average Bonchev–Trinajstić information content (AvgIpc) is 2.68. The number of anilines is 2. The number of carbonyl (C=O) groups is 1. The lowest BCUT2D eigenvalue weighted by Crippen LogP contribution is -2.23. The Morgan fingerprint density at radius 1 is 0.923 bits per heavy atom. The quantitative estimate of drug-likeness (QED) is 0.685. The highest BCUT2D eigenvalue weighted by molar-refractivity contribution is 5.93. The number of amides is 1. The molecule has 1 aromatic heterocycles. The Kier molecular flexibility index (Phi) is 5.12. The van der Waals surface area contributed by atoms with Crippen molar-refractivity contribution in [2.75, 3.05) is 5.32 Å². The molecule has 1 amide bonds. The molecule has 3 rings (SSSR count). The molecule has 0 unspecified atom stereocenters. The van der Waals surface area contributed by atoms with Gasteiger partial charge in [0.1, 0.15) is 0 Å². The van der Waals surface area contributed by atoms with Crippen LogP contribution in [0.3, 0.4) is 0 Å². The summed E-state index contributed by atoms with van der Waals surface area (Å²) >= 11 is 0. The van der Waals surface area contributed by atoms with E-state index in [0.717, 1.165) is 17.7 Å². The molecule has 0 atom stereocenters. The van der Waals surface area contributed by atoms with Gasteiger partial charge in [0.05, 0.1) is 11.3 Å². The number of nitrogens with one attached hydrogen (secondary N) is 2. The minimum atomic E-state index is -1.59. The van der Waals surface area contributed by atoms with Crippen molar-refractivity contribution in [1.82, 2.24) is 15.3 Å². The van der Waals surface area contributed by atoms with Crippen molar-refractivity contribution >= 4 is 17.5 Å². The van der Waals surface area contributed by atoms with Gasteiger partial charge in [-0.15, -0.1) is 0 Å². The molecule has 0 bridgehead atoms. The molecule has 0 radical (unpaired) electrons. The Morgan fingerprint density at radius 2 is 1.62 bits per heavy atom. The first kappa shape index (κ1) is 17.4. The Morgan fingerprint density at radius 3 is 2.31 bits per heavy atom. The number of rotatable bonds is 5. The van der Waals surface area contributed by atoms with Gasteiger partial charge >= 0.3 is 0 Å². The zero-order valence-corrected chi connectivity index (χ0v) is 13.3. The van der Waals surface area contributed by atoms with Crippen LogP contribution in [0, 0.1) is 17.5 Å². The Balaban J connectivity index is 1.65. The first-order valence-electron chi connectivity index (χ1n) is 7.59. The van der Waals surface area contributed by atoms with Gasteiger partial charge in [-0.1, -0.05) is 30.3 Å². The van der Waals surface area contributed by atoms with E-state index in [0.29, 0.717) is 6.54 Å². The van der Waals surface area contributed by atoms with Crippen LogP contribution in [-0.4, -0.2) is 15.9 Å². The summed E-state index contributed by atoms with van der Waals surface area (Å²) in [6.07, 6.45) is 2.49. The number of hydrogen-bond acceptors (Lipinski definition) is 4. The molecule has 2 N–H and O–H groups in total. The van der Waals surface area contributed by atoms with E-state index in [1.165, 1.54) is 12.4 Å². The summed E-state index contributed by atoms with van der Waals surface area (Å²) in [6, 6.07) is 11.2. The summed E-state index contributed by atoms with van der Waals surface area (Å²) in [5, 5.41) is 5.15. The average molecular weight is 358 g/mol.